The summed E-state index contributed by atoms with van der Waals surface area (Å²) < 4.78 is 0.873. The fourth-order valence-electron chi connectivity index (χ4n) is 2.28. The monoisotopic (exact) mass is 335 g/mol. The van der Waals surface area contributed by atoms with Gasteiger partial charge in [0.05, 0.1) is 29.5 Å². The number of hydrogen-bond donors (Lipinski definition) is 2. The molecule has 6 nitrogen and oxygen atoms in total. The van der Waals surface area contributed by atoms with E-state index in [1.54, 1.807) is 23.5 Å². The highest BCUT2D eigenvalue weighted by Gasteiger charge is 2.24. The summed E-state index contributed by atoms with van der Waals surface area (Å²) in [5.74, 6) is 0. The van der Waals surface area contributed by atoms with Crippen molar-refractivity contribution in [3.8, 4) is 0 Å². The summed E-state index contributed by atoms with van der Waals surface area (Å²) in [7, 11) is 0. The molecule has 0 aromatic carbocycles. The number of aromatic nitrogens is 3. The minimum Gasteiger partial charge on any atom is -0.306 e. The predicted molar refractivity (Wildman–Crippen MR) is 79.9 cm³/mol. The number of nitrogens with zero attached hydrogens (tertiary/aromatic N) is 3. The average molecular weight is 336 g/mol. The number of H-pyrrole nitrogens is 1. The molecular formula is C13H14BrN5O. The van der Waals surface area contributed by atoms with E-state index in [0.717, 1.165) is 34.3 Å². The fourth-order valence-corrected chi connectivity index (χ4v) is 2.61. The topological polar surface area (TPSA) is 73.9 Å². The van der Waals surface area contributed by atoms with Crippen molar-refractivity contribution in [1.29, 1.82) is 0 Å². The molecule has 3 heterocycles. The zero-order valence-electron chi connectivity index (χ0n) is 11.0. The third-order valence-electron chi connectivity index (χ3n) is 3.44. The summed E-state index contributed by atoms with van der Waals surface area (Å²) in [5, 5.41) is 9.85. The van der Waals surface area contributed by atoms with Crippen LogP contribution in [0.5, 0.6) is 0 Å². The normalized spacial score (nSPS) is 14.0. The first-order valence-corrected chi connectivity index (χ1v) is 7.17. The summed E-state index contributed by atoms with van der Waals surface area (Å²) in [6, 6.07) is -0.157. The van der Waals surface area contributed by atoms with Crippen LogP contribution in [0.4, 0.5) is 16.2 Å². The zero-order chi connectivity index (χ0) is 14.1. The van der Waals surface area contributed by atoms with Gasteiger partial charge < -0.3 is 5.32 Å². The lowest BCUT2D eigenvalue weighted by atomic mass is 10.1. The van der Waals surface area contributed by atoms with Gasteiger partial charge in [-0.05, 0) is 41.3 Å². The Morgan fingerprint density at radius 2 is 2.30 bits per heavy atom. The van der Waals surface area contributed by atoms with Gasteiger partial charge in [0.2, 0.25) is 0 Å². The third-order valence-corrected chi connectivity index (χ3v) is 4.23. The van der Waals surface area contributed by atoms with E-state index in [1.165, 1.54) is 0 Å². The van der Waals surface area contributed by atoms with Crippen molar-refractivity contribution < 1.29 is 4.79 Å². The van der Waals surface area contributed by atoms with Crippen LogP contribution >= 0.6 is 15.9 Å². The van der Waals surface area contributed by atoms with Crippen molar-refractivity contribution in [3.05, 3.63) is 34.3 Å². The molecule has 0 saturated carbocycles. The Morgan fingerprint density at radius 3 is 3.15 bits per heavy atom. The molecule has 1 aliphatic heterocycles. The number of aromatic amines is 1. The molecular weight excluding hydrogens is 322 g/mol. The van der Waals surface area contributed by atoms with Gasteiger partial charge in [0.25, 0.3) is 0 Å². The third kappa shape index (κ3) is 2.29. The van der Waals surface area contributed by atoms with E-state index in [1.807, 2.05) is 6.92 Å². The van der Waals surface area contributed by atoms with Gasteiger partial charge in [-0.25, -0.2) is 4.79 Å². The number of fused-ring (bicyclic) bond motifs is 1. The van der Waals surface area contributed by atoms with Crippen molar-refractivity contribution in [1.82, 2.24) is 15.2 Å². The number of hydrogen-bond acceptors (Lipinski definition) is 3. The number of halogens is 1. The van der Waals surface area contributed by atoms with Gasteiger partial charge >= 0.3 is 6.03 Å². The van der Waals surface area contributed by atoms with Crippen LogP contribution in [0.25, 0.3) is 0 Å². The molecule has 0 atom stereocenters. The van der Waals surface area contributed by atoms with Gasteiger partial charge in [-0.15, -0.1) is 0 Å². The van der Waals surface area contributed by atoms with Crippen LogP contribution in [-0.2, 0) is 6.42 Å². The highest BCUT2D eigenvalue weighted by atomic mass is 79.9. The molecule has 0 unspecified atom stereocenters. The second-order valence-corrected chi connectivity index (χ2v) is 5.57. The van der Waals surface area contributed by atoms with E-state index in [9.17, 15) is 4.79 Å². The molecule has 20 heavy (non-hydrogen) atoms. The number of pyridine rings is 1. The first-order chi connectivity index (χ1) is 9.66. The second kappa shape index (κ2) is 5.24. The Bertz CT molecular complexity index is 654. The van der Waals surface area contributed by atoms with Crippen molar-refractivity contribution in [2.75, 3.05) is 16.8 Å². The molecule has 2 N–H and O–H groups in total. The Hall–Kier alpha value is -1.89. The number of carbonyl (C=O) groups excluding carboxylic acids is 1. The largest absolute Gasteiger partial charge is 0.326 e. The Labute approximate surface area is 124 Å². The molecule has 0 aliphatic carbocycles. The summed E-state index contributed by atoms with van der Waals surface area (Å²) in [6.07, 6.45) is 6.91. The molecule has 0 bridgehead atoms. The smallest absolute Gasteiger partial charge is 0.306 e. The SMILES string of the molecule is Cc1c(Br)cncc1NC(=O)N1CCCc2[nH]ncc21. The minimum atomic E-state index is -0.157. The number of amides is 2. The first-order valence-electron chi connectivity index (χ1n) is 6.37. The number of carbonyl (C=O) groups is 1. The lowest BCUT2D eigenvalue weighted by molar-refractivity contribution is 0.256. The summed E-state index contributed by atoms with van der Waals surface area (Å²) in [4.78, 5) is 18.2. The maximum absolute atomic E-state index is 12.4. The summed E-state index contributed by atoms with van der Waals surface area (Å²) >= 11 is 3.41. The molecule has 2 aromatic rings. The van der Waals surface area contributed by atoms with Crippen LogP contribution in [0, 0.1) is 6.92 Å². The summed E-state index contributed by atoms with van der Waals surface area (Å²) in [6.45, 7) is 2.62. The molecule has 104 valence electrons. The average Bonchev–Trinajstić information content (AvgIpc) is 2.92. The molecule has 2 aromatic heterocycles. The molecule has 3 rings (SSSR count). The number of rotatable bonds is 1. The van der Waals surface area contributed by atoms with Gasteiger partial charge in [-0.3, -0.25) is 15.0 Å². The van der Waals surface area contributed by atoms with Crippen molar-refractivity contribution in [2.24, 2.45) is 0 Å². The highest BCUT2D eigenvalue weighted by Crippen LogP contribution is 2.27. The van der Waals surface area contributed by atoms with Gasteiger partial charge in [0.15, 0.2) is 0 Å². The van der Waals surface area contributed by atoms with Crippen LogP contribution < -0.4 is 10.2 Å². The quantitative estimate of drug-likeness (QED) is 0.841. The number of anilines is 2. The van der Waals surface area contributed by atoms with E-state index < -0.39 is 0 Å². The van der Waals surface area contributed by atoms with Gasteiger partial charge in [-0.2, -0.15) is 5.10 Å². The molecule has 0 fully saturated rings. The lowest BCUT2D eigenvalue weighted by Crippen LogP contribution is -2.38. The standard InChI is InChI=1S/C13H14BrN5O/c1-8-9(14)5-15-6-11(8)17-13(20)19-4-2-3-10-12(19)7-16-18-10/h5-7H,2-4H2,1H3,(H,16,18)(H,17,20). The maximum Gasteiger partial charge on any atom is 0.326 e. The van der Waals surface area contributed by atoms with E-state index in [2.05, 4.69) is 36.4 Å². The number of aryl methyl sites for hydroxylation is 1. The van der Waals surface area contributed by atoms with Gasteiger partial charge in [0.1, 0.15) is 0 Å². The molecule has 2 amide bonds. The minimum absolute atomic E-state index is 0.157. The maximum atomic E-state index is 12.4. The van der Waals surface area contributed by atoms with Crippen molar-refractivity contribution in [3.63, 3.8) is 0 Å². The van der Waals surface area contributed by atoms with Crippen LogP contribution in [-0.4, -0.2) is 27.8 Å². The van der Waals surface area contributed by atoms with E-state index in [-0.39, 0.29) is 6.03 Å². The number of nitrogens with one attached hydrogen (secondary N) is 2. The van der Waals surface area contributed by atoms with Crippen LogP contribution in [0.2, 0.25) is 0 Å². The highest BCUT2D eigenvalue weighted by molar-refractivity contribution is 9.10. The lowest BCUT2D eigenvalue weighted by Gasteiger charge is -2.26. The summed E-state index contributed by atoms with van der Waals surface area (Å²) in [5.41, 5.74) is 3.53. The van der Waals surface area contributed by atoms with Crippen LogP contribution in [0.3, 0.4) is 0 Å². The number of urea groups is 1. The Kier molecular flexibility index (Phi) is 3.43. The van der Waals surface area contributed by atoms with Gasteiger partial charge in [0, 0.05) is 17.2 Å². The first kappa shape index (κ1) is 13.1. The second-order valence-electron chi connectivity index (χ2n) is 4.71. The fraction of sp³-hybridized carbons (Fsp3) is 0.308. The van der Waals surface area contributed by atoms with E-state index >= 15 is 0 Å². The molecule has 1 aliphatic rings. The predicted octanol–water partition coefficient (Wildman–Crippen LogP) is 2.86. The molecule has 0 radical (unpaired) electrons. The van der Waals surface area contributed by atoms with E-state index in [4.69, 9.17) is 0 Å². The van der Waals surface area contributed by atoms with Crippen molar-refractivity contribution >= 4 is 33.3 Å². The van der Waals surface area contributed by atoms with Crippen molar-refractivity contribution in [2.45, 2.75) is 19.8 Å². The Balaban J connectivity index is 1.83. The zero-order valence-corrected chi connectivity index (χ0v) is 12.6. The van der Waals surface area contributed by atoms with Crippen LogP contribution in [0.15, 0.2) is 23.1 Å². The molecule has 0 saturated heterocycles. The Morgan fingerprint density at radius 1 is 1.45 bits per heavy atom. The molecule has 7 heteroatoms. The van der Waals surface area contributed by atoms with Gasteiger partial charge in [-0.1, -0.05) is 0 Å². The van der Waals surface area contributed by atoms with E-state index in [0.29, 0.717) is 12.2 Å². The van der Waals surface area contributed by atoms with Crippen LogP contribution in [0.1, 0.15) is 17.7 Å². The molecule has 0 spiro atoms.